The Labute approximate surface area is 324 Å². The Bertz CT molecular complexity index is 3110. The van der Waals surface area contributed by atoms with E-state index in [0.29, 0.717) is 0 Å². The first kappa shape index (κ1) is 31.7. The summed E-state index contributed by atoms with van der Waals surface area (Å²) in [5.41, 5.74) is 7.34. The van der Waals surface area contributed by atoms with Gasteiger partial charge in [-0.3, -0.25) is 4.90 Å². The van der Waals surface area contributed by atoms with Gasteiger partial charge in [0, 0.05) is 28.9 Å². The van der Waals surface area contributed by atoms with Crippen molar-refractivity contribution < 1.29 is 0 Å². The van der Waals surface area contributed by atoms with Crippen LogP contribution < -0.4 is 4.90 Å². The zero-order chi connectivity index (χ0) is 36.3. The summed E-state index contributed by atoms with van der Waals surface area (Å²) in [5.74, 6) is 1.55. The van der Waals surface area contributed by atoms with E-state index in [9.17, 15) is 0 Å². The Morgan fingerprint density at radius 2 is 0.873 bits per heavy atom. The van der Waals surface area contributed by atoms with Crippen LogP contribution in [0.25, 0.3) is 85.0 Å². The highest BCUT2D eigenvalue weighted by Gasteiger charge is 2.20. The highest BCUT2D eigenvalue weighted by atomic mass is 32.1. The van der Waals surface area contributed by atoms with Gasteiger partial charge < -0.3 is 0 Å². The Morgan fingerprint density at radius 1 is 0.382 bits per heavy atom. The fraction of sp³-hybridized carbons (Fsp3) is 0. The van der Waals surface area contributed by atoms with E-state index in [4.69, 9.17) is 19.9 Å². The van der Waals surface area contributed by atoms with Crippen LogP contribution in [0.3, 0.4) is 0 Å². The van der Waals surface area contributed by atoms with E-state index in [1.165, 1.54) is 38.1 Å². The molecule has 4 aromatic heterocycles. The van der Waals surface area contributed by atoms with Crippen molar-refractivity contribution in [1.29, 1.82) is 0 Å². The van der Waals surface area contributed by atoms with Crippen molar-refractivity contribution in [3.05, 3.63) is 176 Å². The minimum absolute atomic E-state index is 0.774. The lowest BCUT2D eigenvalue weighted by atomic mass is 9.96. The van der Waals surface area contributed by atoms with Crippen LogP contribution in [0.5, 0.6) is 0 Å². The summed E-state index contributed by atoms with van der Waals surface area (Å²) < 4.78 is 2.13. The average Bonchev–Trinajstić information content (AvgIpc) is 3.88. The summed E-state index contributed by atoms with van der Waals surface area (Å²) in [7, 11) is 0. The lowest BCUT2D eigenvalue weighted by Crippen LogP contribution is -2.12. The summed E-state index contributed by atoms with van der Waals surface area (Å²) in [6.45, 7) is 0. The van der Waals surface area contributed by atoms with E-state index in [1.54, 1.807) is 22.7 Å². The van der Waals surface area contributed by atoms with E-state index >= 15 is 0 Å². The third kappa shape index (κ3) is 5.69. The molecule has 258 valence electrons. The van der Waals surface area contributed by atoms with Gasteiger partial charge in [-0.05, 0) is 67.7 Å². The lowest BCUT2D eigenvalue weighted by molar-refractivity contribution is 1.14. The minimum atomic E-state index is 0.774. The van der Waals surface area contributed by atoms with Crippen molar-refractivity contribution in [1.82, 2.24) is 19.9 Å². The Kier molecular flexibility index (Phi) is 7.46. The molecule has 0 aliphatic carbocycles. The molecular formula is C48H29N5S2. The highest BCUT2D eigenvalue weighted by Crippen LogP contribution is 2.41. The van der Waals surface area contributed by atoms with Crippen LogP contribution in [0, 0.1) is 0 Å². The maximum absolute atomic E-state index is 5.01. The monoisotopic (exact) mass is 739 g/mol. The second-order valence-corrected chi connectivity index (χ2v) is 15.7. The van der Waals surface area contributed by atoms with Crippen molar-refractivity contribution in [3.8, 4) is 32.3 Å². The van der Waals surface area contributed by atoms with Crippen molar-refractivity contribution in [3.63, 3.8) is 0 Å². The summed E-state index contributed by atoms with van der Waals surface area (Å²) in [6.07, 6.45) is 3.75. The van der Waals surface area contributed by atoms with Gasteiger partial charge in [0.25, 0.3) is 0 Å². The van der Waals surface area contributed by atoms with Gasteiger partial charge >= 0.3 is 0 Å². The number of aromatic nitrogens is 4. The Balaban J connectivity index is 1.03. The van der Waals surface area contributed by atoms with E-state index in [1.807, 2.05) is 48.8 Å². The smallest absolute Gasteiger partial charge is 0.140 e. The molecule has 0 spiro atoms. The number of anilines is 3. The number of nitrogens with zero attached hydrogens (tertiary/aromatic N) is 5. The normalized spacial score (nSPS) is 11.6. The van der Waals surface area contributed by atoms with Gasteiger partial charge in [-0.15, -0.1) is 22.7 Å². The molecule has 0 saturated carbocycles. The van der Waals surface area contributed by atoms with Crippen LogP contribution >= 0.6 is 22.7 Å². The van der Waals surface area contributed by atoms with Gasteiger partial charge in [-0.2, -0.15) is 0 Å². The van der Waals surface area contributed by atoms with Gasteiger partial charge in [-0.1, -0.05) is 127 Å². The van der Waals surface area contributed by atoms with E-state index in [-0.39, 0.29) is 0 Å². The maximum Gasteiger partial charge on any atom is 0.140 e. The molecule has 7 aromatic carbocycles. The first-order valence-electron chi connectivity index (χ1n) is 18.1. The molecule has 5 nitrogen and oxygen atoms in total. The van der Waals surface area contributed by atoms with Crippen LogP contribution in [0.15, 0.2) is 176 Å². The molecule has 11 aromatic rings. The summed E-state index contributed by atoms with van der Waals surface area (Å²) in [5, 5.41) is 9.21. The van der Waals surface area contributed by atoms with Gasteiger partial charge in [0.15, 0.2) is 0 Å². The third-order valence-corrected chi connectivity index (χ3v) is 12.3. The summed E-state index contributed by atoms with van der Waals surface area (Å²) in [6, 6.07) is 58.0. The van der Waals surface area contributed by atoms with E-state index in [0.717, 1.165) is 64.3 Å². The number of hydrogen-bond donors (Lipinski definition) is 0. The molecule has 0 saturated heterocycles. The molecule has 0 amide bonds. The quantitative estimate of drug-likeness (QED) is 0.159. The zero-order valence-electron chi connectivity index (χ0n) is 29.3. The van der Waals surface area contributed by atoms with Crippen molar-refractivity contribution in [2.24, 2.45) is 0 Å². The second kappa shape index (κ2) is 13.0. The first-order chi connectivity index (χ1) is 27.2. The second-order valence-electron chi connectivity index (χ2n) is 13.6. The number of hydrogen-bond acceptors (Lipinski definition) is 7. The van der Waals surface area contributed by atoms with Gasteiger partial charge in [0.05, 0.1) is 21.8 Å². The molecule has 11 rings (SSSR count). The highest BCUT2D eigenvalue weighted by molar-refractivity contribution is 7.22. The minimum Gasteiger partial charge on any atom is -0.279 e. The number of fused-ring (bicyclic) bond motifs is 6. The van der Waals surface area contributed by atoms with E-state index < -0.39 is 0 Å². The fourth-order valence-electron chi connectivity index (χ4n) is 7.42. The standard InChI is InChI=1S/C48H29N5S2/c1-3-10-31(11-4-1)47-51-41-28-49-45(26-43(41)54-47)53(46-27-44-42(29-50-46)52-48(55-44)32-12-5-2-6-13-32)38-20-22-40-37(25-38)18-17-36-24-35(19-21-39(36)40)34-16-15-30-9-7-8-14-33(30)23-34/h1-29H. The molecule has 0 atom stereocenters. The van der Waals surface area contributed by atoms with E-state index in [2.05, 4.69) is 132 Å². The fourth-order valence-corrected chi connectivity index (χ4v) is 9.37. The molecule has 0 bridgehead atoms. The Hall–Kier alpha value is -6.80. The van der Waals surface area contributed by atoms with Crippen LogP contribution in [-0.2, 0) is 0 Å². The summed E-state index contributed by atoms with van der Waals surface area (Å²) >= 11 is 3.35. The van der Waals surface area contributed by atoms with Crippen molar-refractivity contribution in [2.75, 3.05) is 4.90 Å². The van der Waals surface area contributed by atoms with Crippen molar-refractivity contribution >= 4 is 92.7 Å². The number of pyridine rings is 2. The summed E-state index contributed by atoms with van der Waals surface area (Å²) in [4.78, 5) is 22.0. The Morgan fingerprint density at radius 3 is 1.49 bits per heavy atom. The predicted molar refractivity (Wildman–Crippen MR) is 232 cm³/mol. The maximum atomic E-state index is 5.01. The van der Waals surface area contributed by atoms with Gasteiger partial charge in [0.1, 0.15) is 32.7 Å². The molecule has 0 fully saturated rings. The van der Waals surface area contributed by atoms with Crippen LogP contribution in [0.2, 0.25) is 0 Å². The molecule has 0 unspecified atom stereocenters. The molecular weight excluding hydrogens is 711 g/mol. The van der Waals surface area contributed by atoms with Crippen LogP contribution in [0.1, 0.15) is 0 Å². The topological polar surface area (TPSA) is 54.8 Å². The number of rotatable bonds is 6. The van der Waals surface area contributed by atoms with Gasteiger partial charge in [0.2, 0.25) is 0 Å². The van der Waals surface area contributed by atoms with Crippen LogP contribution in [-0.4, -0.2) is 19.9 Å². The molecule has 7 heteroatoms. The zero-order valence-corrected chi connectivity index (χ0v) is 30.9. The molecule has 0 radical (unpaired) electrons. The number of thiazole rings is 2. The molecule has 0 aliphatic heterocycles. The molecule has 55 heavy (non-hydrogen) atoms. The van der Waals surface area contributed by atoms with Crippen LogP contribution in [0.4, 0.5) is 17.3 Å². The largest absolute Gasteiger partial charge is 0.279 e. The van der Waals surface area contributed by atoms with Gasteiger partial charge in [-0.25, -0.2) is 19.9 Å². The van der Waals surface area contributed by atoms with Crippen molar-refractivity contribution in [2.45, 2.75) is 0 Å². The first-order valence-corrected chi connectivity index (χ1v) is 19.7. The lowest BCUT2D eigenvalue weighted by Gasteiger charge is -2.23. The third-order valence-electron chi connectivity index (χ3n) is 10.2. The molecule has 0 N–H and O–H groups in total. The molecule has 4 heterocycles. The average molecular weight is 740 g/mol. The number of benzene rings is 7. The predicted octanol–water partition coefficient (Wildman–Crippen LogP) is 13.6. The SMILES string of the molecule is c1ccc(-c2nc3cnc(N(c4ccc5c(ccc6cc(-c7ccc8ccccc8c7)ccc65)c4)c4cc5sc(-c6ccccc6)nc5cn4)cc3s2)cc1. The molecule has 0 aliphatic rings.